The first kappa shape index (κ1) is 17.1. The second-order valence-corrected chi connectivity index (χ2v) is 10.4. The minimum absolute atomic E-state index is 0.105. The molecular weight excluding hydrogens is 296 g/mol. The Morgan fingerprint density at radius 3 is 2.42 bits per heavy atom. The van der Waals surface area contributed by atoms with Crippen LogP contribution in [0.4, 0.5) is 0 Å². The molecule has 4 aliphatic rings. The SMILES string of the molecule is CC(=O)[C@H]1CC[C@H]2[C@@H]3CC[C@H]4C[C@@H](C)[C@H](O)C[C@]4(C)[C@H]3CC[C@]12C. The lowest BCUT2D eigenvalue weighted by molar-refractivity contribution is -0.147. The molecule has 0 aliphatic heterocycles. The molecule has 9 atom stereocenters. The summed E-state index contributed by atoms with van der Waals surface area (Å²) in [4.78, 5) is 12.2. The van der Waals surface area contributed by atoms with Crippen LogP contribution in [0.5, 0.6) is 0 Å². The van der Waals surface area contributed by atoms with Gasteiger partial charge in [-0.15, -0.1) is 0 Å². The summed E-state index contributed by atoms with van der Waals surface area (Å²) in [5, 5.41) is 10.6. The van der Waals surface area contributed by atoms with Crippen molar-refractivity contribution in [2.45, 2.75) is 85.2 Å². The van der Waals surface area contributed by atoms with E-state index in [1.807, 2.05) is 6.92 Å². The maximum Gasteiger partial charge on any atom is 0.133 e. The van der Waals surface area contributed by atoms with Crippen LogP contribution < -0.4 is 0 Å². The number of carbonyl (C=O) groups excluding carboxylic acids is 1. The molecule has 136 valence electrons. The molecule has 0 aromatic rings. The molecule has 4 saturated carbocycles. The van der Waals surface area contributed by atoms with Crippen molar-refractivity contribution < 1.29 is 9.90 Å². The first-order valence-electron chi connectivity index (χ1n) is 10.5. The van der Waals surface area contributed by atoms with Gasteiger partial charge in [0.2, 0.25) is 0 Å². The highest BCUT2D eigenvalue weighted by atomic mass is 16.3. The van der Waals surface area contributed by atoms with Gasteiger partial charge < -0.3 is 5.11 Å². The summed E-state index contributed by atoms with van der Waals surface area (Å²) in [6, 6.07) is 0. The van der Waals surface area contributed by atoms with E-state index in [-0.39, 0.29) is 11.5 Å². The van der Waals surface area contributed by atoms with Gasteiger partial charge in [-0.3, -0.25) is 4.79 Å². The summed E-state index contributed by atoms with van der Waals surface area (Å²) < 4.78 is 0. The fourth-order valence-electron chi connectivity index (χ4n) is 8.17. The van der Waals surface area contributed by atoms with Crippen LogP contribution in [0, 0.1) is 46.3 Å². The van der Waals surface area contributed by atoms with E-state index in [4.69, 9.17) is 0 Å². The fraction of sp³-hybridized carbons (Fsp3) is 0.955. The Kier molecular flexibility index (Phi) is 3.95. The second-order valence-electron chi connectivity index (χ2n) is 10.4. The van der Waals surface area contributed by atoms with Gasteiger partial charge in [-0.25, -0.2) is 0 Å². The van der Waals surface area contributed by atoms with Crippen LogP contribution >= 0.6 is 0 Å². The summed E-state index contributed by atoms with van der Waals surface area (Å²) in [6.07, 6.45) is 9.77. The Labute approximate surface area is 147 Å². The van der Waals surface area contributed by atoms with Crippen molar-refractivity contribution in [1.82, 2.24) is 0 Å². The minimum Gasteiger partial charge on any atom is -0.393 e. The van der Waals surface area contributed by atoms with Crippen LogP contribution in [0.15, 0.2) is 0 Å². The molecule has 4 aliphatic carbocycles. The van der Waals surface area contributed by atoms with Gasteiger partial charge in [0, 0.05) is 5.92 Å². The van der Waals surface area contributed by atoms with E-state index < -0.39 is 0 Å². The molecule has 1 N–H and O–H groups in total. The average molecular weight is 333 g/mol. The number of aliphatic hydroxyl groups is 1. The highest BCUT2D eigenvalue weighted by Gasteiger charge is 2.61. The number of Topliss-reactive ketones (excluding diaryl/α,β-unsaturated/α-hetero) is 1. The maximum absolute atomic E-state index is 12.2. The molecule has 0 saturated heterocycles. The summed E-state index contributed by atoms with van der Waals surface area (Å²) >= 11 is 0. The third-order valence-corrected chi connectivity index (χ3v) is 9.52. The molecule has 0 spiro atoms. The van der Waals surface area contributed by atoms with Crippen LogP contribution in [0.3, 0.4) is 0 Å². The Balaban J connectivity index is 1.62. The zero-order valence-corrected chi connectivity index (χ0v) is 16.1. The molecule has 0 unspecified atom stereocenters. The van der Waals surface area contributed by atoms with Gasteiger partial charge in [0.15, 0.2) is 0 Å². The maximum atomic E-state index is 12.2. The fourth-order valence-corrected chi connectivity index (χ4v) is 8.17. The van der Waals surface area contributed by atoms with Gasteiger partial charge >= 0.3 is 0 Å². The molecule has 0 heterocycles. The van der Waals surface area contributed by atoms with Crippen molar-refractivity contribution in [1.29, 1.82) is 0 Å². The lowest BCUT2D eigenvalue weighted by atomic mass is 9.44. The summed E-state index contributed by atoms with van der Waals surface area (Å²) in [5.41, 5.74) is 0.598. The number of hydrogen-bond donors (Lipinski definition) is 1. The zero-order chi connectivity index (χ0) is 17.3. The third kappa shape index (κ3) is 2.20. The number of aliphatic hydroxyl groups excluding tert-OH is 1. The van der Waals surface area contributed by atoms with Gasteiger partial charge in [-0.05, 0) is 98.7 Å². The van der Waals surface area contributed by atoms with Crippen molar-refractivity contribution in [3.63, 3.8) is 0 Å². The van der Waals surface area contributed by atoms with Crippen LogP contribution in [-0.4, -0.2) is 17.0 Å². The van der Waals surface area contributed by atoms with E-state index in [0.29, 0.717) is 23.0 Å². The molecule has 0 radical (unpaired) electrons. The highest BCUT2D eigenvalue weighted by Crippen LogP contribution is 2.67. The molecule has 0 bridgehead atoms. The molecule has 4 fully saturated rings. The molecule has 0 aromatic heterocycles. The van der Waals surface area contributed by atoms with Crippen molar-refractivity contribution in [3.05, 3.63) is 0 Å². The quantitative estimate of drug-likeness (QED) is 0.746. The second kappa shape index (κ2) is 5.56. The highest BCUT2D eigenvalue weighted by molar-refractivity contribution is 5.79. The van der Waals surface area contributed by atoms with Gasteiger partial charge in [-0.1, -0.05) is 20.8 Å². The predicted molar refractivity (Wildman–Crippen MR) is 96.5 cm³/mol. The Morgan fingerprint density at radius 1 is 1.00 bits per heavy atom. The standard InChI is InChI=1S/C22H36O2/c1-13-11-15-5-6-16-18-8-7-17(14(2)23)21(18,3)10-9-19(16)22(15,4)12-20(13)24/h13,15-20,24H,5-12H2,1-4H3/t13-,15+,16+,17-,18+,19+,20-,21-,22+/m1/s1. The van der Waals surface area contributed by atoms with E-state index in [9.17, 15) is 9.90 Å². The Morgan fingerprint density at radius 2 is 1.71 bits per heavy atom. The number of hydrogen-bond acceptors (Lipinski definition) is 2. The molecular formula is C22H36O2. The van der Waals surface area contributed by atoms with E-state index in [1.54, 1.807) is 0 Å². The molecule has 2 nitrogen and oxygen atoms in total. The Hall–Kier alpha value is -0.370. The van der Waals surface area contributed by atoms with Crippen molar-refractivity contribution >= 4 is 5.78 Å². The number of ketones is 1. The summed E-state index contributed by atoms with van der Waals surface area (Å²) in [7, 11) is 0. The number of carbonyl (C=O) groups is 1. The molecule has 24 heavy (non-hydrogen) atoms. The van der Waals surface area contributed by atoms with Crippen molar-refractivity contribution in [2.75, 3.05) is 0 Å². The largest absolute Gasteiger partial charge is 0.393 e. The van der Waals surface area contributed by atoms with E-state index in [1.165, 1.54) is 38.5 Å². The van der Waals surface area contributed by atoms with E-state index >= 15 is 0 Å². The molecule has 0 amide bonds. The topological polar surface area (TPSA) is 37.3 Å². The number of rotatable bonds is 1. The molecule has 2 heteroatoms. The number of fused-ring (bicyclic) bond motifs is 5. The minimum atomic E-state index is -0.105. The van der Waals surface area contributed by atoms with E-state index in [2.05, 4.69) is 20.8 Å². The Bertz CT molecular complexity index is 528. The molecule has 0 aromatic carbocycles. The van der Waals surface area contributed by atoms with Crippen molar-refractivity contribution in [3.8, 4) is 0 Å². The average Bonchev–Trinajstić information content (AvgIpc) is 2.86. The molecule has 4 rings (SSSR count). The van der Waals surface area contributed by atoms with Gasteiger partial charge in [0.25, 0.3) is 0 Å². The monoisotopic (exact) mass is 332 g/mol. The first-order chi connectivity index (χ1) is 11.3. The summed E-state index contributed by atoms with van der Waals surface area (Å²) in [6.45, 7) is 8.99. The van der Waals surface area contributed by atoms with Gasteiger partial charge in [-0.2, -0.15) is 0 Å². The van der Waals surface area contributed by atoms with Crippen LogP contribution in [0.1, 0.15) is 79.1 Å². The van der Waals surface area contributed by atoms with Crippen LogP contribution in [-0.2, 0) is 4.79 Å². The van der Waals surface area contributed by atoms with E-state index in [0.717, 1.165) is 36.5 Å². The summed E-state index contributed by atoms with van der Waals surface area (Å²) in [5.74, 6) is 4.36. The van der Waals surface area contributed by atoms with Crippen LogP contribution in [0.2, 0.25) is 0 Å². The van der Waals surface area contributed by atoms with Gasteiger partial charge in [0.05, 0.1) is 6.10 Å². The lowest BCUT2D eigenvalue weighted by Gasteiger charge is -2.61. The predicted octanol–water partition coefficient (Wildman–Crippen LogP) is 4.84. The van der Waals surface area contributed by atoms with Crippen molar-refractivity contribution in [2.24, 2.45) is 46.3 Å². The van der Waals surface area contributed by atoms with Crippen LogP contribution in [0.25, 0.3) is 0 Å². The zero-order valence-electron chi connectivity index (χ0n) is 16.1. The van der Waals surface area contributed by atoms with Gasteiger partial charge in [0.1, 0.15) is 5.78 Å². The lowest BCUT2D eigenvalue weighted by Crippen LogP contribution is -2.55. The first-order valence-corrected chi connectivity index (χ1v) is 10.5. The normalized spacial score (nSPS) is 57.0. The smallest absolute Gasteiger partial charge is 0.133 e. The third-order valence-electron chi connectivity index (χ3n) is 9.52.